The zero-order chi connectivity index (χ0) is 12.3. The van der Waals surface area contributed by atoms with Crippen LogP contribution < -0.4 is 10.5 Å². The molecule has 0 radical (unpaired) electrons. The van der Waals surface area contributed by atoms with Gasteiger partial charge in [0.1, 0.15) is 17.6 Å². The van der Waals surface area contributed by atoms with E-state index in [2.05, 4.69) is 6.07 Å². The monoisotopic (exact) mass is 224 g/mol. The minimum absolute atomic E-state index is 0.436. The topological polar surface area (TPSA) is 59.0 Å². The predicted molar refractivity (Wildman–Crippen MR) is 66.8 cm³/mol. The quantitative estimate of drug-likeness (QED) is 0.796. The molecule has 0 bridgehead atoms. The number of rotatable bonds is 2. The summed E-state index contributed by atoms with van der Waals surface area (Å²) < 4.78 is 5.63. The lowest BCUT2D eigenvalue weighted by Gasteiger charge is -2.08. The first-order chi connectivity index (χ1) is 8.19. The van der Waals surface area contributed by atoms with E-state index >= 15 is 0 Å². The molecule has 84 valence electrons. The average molecular weight is 224 g/mol. The summed E-state index contributed by atoms with van der Waals surface area (Å²) in [6.07, 6.45) is 0. The van der Waals surface area contributed by atoms with Gasteiger partial charge < -0.3 is 10.5 Å². The van der Waals surface area contributed by atoms with Gasteiger partial charge in [0.15, 0.2) is 0 Å². The van der Waals surface area contributed by atoms with E-state index in [0.717, 1.165) is 5.56 Å². The van der Waals surface area contributed by atoms with E-state index in [1.807, 2.05) is 31.2 Å². The van der Waals surface area contributed by atoms with Crippen LogP contribution in [0.25, 0.3) is 0 Å². The smallest absolute Gasteiger partial charge is 0.145 e. The third-order valence-electron chi connectivity index (χ3n) is 2.37. The van der Waals surface area contributed by atoms with Crippen LogP contribution in [0.2, 0.25) is 0 Å². The zero-order valence-electron chi connectivity index (χ0n) is 9.47. The minimum atomic E-state index is 0.436. The Morgan fingerprint density at radius 3 is 2.47 bits per heavy atom. The van der Waals surface area contributed by atoms with Crippen LogP contribution in [0.4, 0.5) is 5.69 Å². The Morgan fingerprint density at radius 2 is 1.82 bits per heavy atom. The molecule has 0 amide bonds. The minimum Gasteiger partial charge on any atom is -0.456 e. The fourth-order valence-corrected chi connectivity index (χ4v) is 1.46. The fraction of sp³-hybridized carbons (Fsp3) is 0.0714. The van der Waals surface area contributed by atoms with Crippen LogP contribution in [0.15, 0.2) is 42.5 Å². The van der Waals surface area contributed by atoms with Crippen molar-refractivity contribution in [1.82, 2.24) is 0 Å². The Balaban J connectivity index is 2.30. The number of nitrogens with zero attached hydrogens (tertiary/aromatic N) is 1. The lowest BCUT2D eigenvalue weighted by atomic mass is 10.2. The van der Waals surface area contributed by atoms with Crippen molar-refractivity contribution in [3.05, 3.63) is 53.6 Å². The number of ether oxygens (including phenoxy) is 1. The number of anilines is 1. The highest BCUT2D eigenvalue weighted by atomic mass is 16.5. The molecule has 0 heterocycles. The van der Waals surface area contributed by atoms with E-state index in [0.29, 0.717) is 22.7 Å². The standard InChI is InChI=1S/C14H12N2O/c1-10-2-5-13(6-3-10)17-14-7-4-12(16)8-11(14)9-15/h2-8H,16H2,1H3. The number of hydrogen-bond acceptors (Lipinski definition) is 3. The number of nitrogens with two attached hydrogens (primary N) is 1. The molecule has 2 aromatic rings. The second kappa shape index (κ2) is 4.58. The number of nitrogen functional groups attached to an aromatic ring is 1. The van der Waals surface area contributed by atoms with Gasteiger partial charge in [0, 0.05) is 5.69 Å². The van der Waals surface area contributed by atoms with E-state index in [1.165, 1.54) is 0 Å². The predicted octanol–water partition coefficient (Wildman–Crippen LogP) is 3.24. The van der Waals surface area contributed by atoms with Gasteiger partial charge in [0.05, 0.1) is 5.56 Å². The number of aryl methyl sites for hydroxylation is 1. The molecular formula is C14H12N2O. The van der Waals surface area contributed by atoms with Crippen LogP contribution in [0.5, 0.6) is 11.5 Å². The van der Waals surface area contributed by atoms with E-state index in [9.17, 15) is 0 Å². The molecule has 0 aliphatic heterocycles. The first kappa shape index (κ1) is 11.0. The second-order valence-corrected chi connectivity index (χ2v) is 3.78. The lowest BCUT2D eigenvalue weighted by Crippen LogP contribution is -1.91. The van der Waals surface area contributed by atoms with Crippen LogP contribution in [0.1, 0.15) is 11.1 Å². The molecule has 2 rings (SSSR count). The highest BCUT2D eigenvalue weighted by Crippen LogP contribution is 2.26. The molecule has 0 aromatic heterocycles. The van der Waals surface area contributed by atoms with E-state index in [-0.39, 0.29) is 0 Å². The first-order valence-corrected chi connectivity index (χ1v) is 5.23. The summed E-state index contributed by atoms with van der Waals surface area (Å²) in [5.74, 6) is 1.22. The summed E-state index contributed by atoms with van der Waals surface area (Å²) in [5.41, 5.74) is 7.76. The molecular weight excluding hydrogens is 212 g/mol. The zero-order valence-corrected chi connectivity index (χ0v) is 9.47. The van der Waals surface area contributed by atoms with Crippen molar-refractivity contribution in [3.8, 4) is 17.6 Å². The molecule has 17 heavy (non-hydrogen) atoms. The molecule has 2 aromatic carbocycles. The maximum atomic E-state index is 8.98. The average Bonchev–Trinajstić information content (AvgIpc) is 2.34. The van der Waals surface area contributed by atoms with Crippen LogP contribution in [-0.2, 0) is 0 Å². The van der Waals surface area contributed by atoms with Gasteiger partial charge in [-0.1, -0.05) is 17.7 Å². The molecule has 0 fully saturated rings. The van der Waals surface area contributed by atoms with Crippen LogP contribution >= 0.6 is 0 Å². The molecule has 3 nitrogen and oxygen atoms in total. The van der Waals surface area contributed by atoms with Crippen LogP contribution in [0, 0.1) is 18.3 Å². The van der Waals surface area contributed by atoms with Gasteiger partial charge in [-0.05, 0) is 37.3 Å². The summed E-state index contributed by atoms with van der Waals surface area (Å²) in [7, 11) is 0. The Kier molecular flexibility index (Phi) is 2.97. The first-order valence-electron chi connectivity index (χ1n) is 5.23. The van der Waals surface area contributed by atoms with Gasteiger partial charge >= 0.3 is 0 Å². The van der Waals surface area contributed by atoms with E-state index < -0.39 is 0 Å². The molecule has 0 saturated carbocycles. The van der Waals surface area contributed by atoms with Crippen molar-refractivity contribution in [2.75, 3.05) is 5.73 Å². The van der Waals surface area contributed by atoms with Gasteiger partial charge in [-0.3, -0.25) is 0 Å². The summed E-state index contributed by atoms with van der Waals surface area (Å²) in [6, 6.07) is 14.7. The van der Waals surface area contributed by atoms with Crippen molar-refractivity contribution in [2.24, 2.45) is 0 Å². The van der Waals surface area contributed by atoms with Gasteiger partial charge in [-0.15, -0.1) is 0 Å². The van der Waals surface area contributed by atoms with E-state index in [4.69, 9.17) is 15.7 Å². The van der Waals surface area contributed by atoms with Gasteiger partial charge in [0.25, 0.3) is 0 Å². The highest BCUT2D eigenvalue weighted by molar-refractivity contribution is 5.54. The van der Waals surface area contributed by atoms with Crippen molar-refractivity contribution >= 4 is 5.69 Å². The van der Waals surface area contributed by atoms with Crippen molar-refractivity contribution in [3.63, 3.8) is 0 Å². The Labute approximate surface area is 100 Å². The van der Waals surface area contributed by atoms with Gasteiger partial charge in [-0.2, -0.15) is 5.26 Å². The Hall–Kier alpha value is -2.47. The molecule has 0 aliphatic rings. The largest absolute Gasteiger partial charge is 0.456 e. The highest BCUT2D eigenvalue weighted by Gasteiger charge is 2.04. The molecule has 0 unspecified atom stereocenters. The lowest BCUT2D eigenvalue weighted by molar-refractivity contribution is 0.481. The summed E-state index contributed by atoms with van der Waals surface area (Å²) in [4.78, 5) is 0. The van der Waals surface area contributed by atoms with Crippen LogP contribution in [-0.4, -0.2) is 0 Å². The van der Waals surface area contributed by atoms with Crippen LogP contribution in [0.3, 0.4) is 0 Å². The third-order valence-corrected chi connectivity index (χ3v) is 2.37. The van der Waals surface area contributed by atoms with Crippen molar-refractivity contribution in [2.45, 2.75) is 6.92 Å². The maximum absolute atomic E-state index is 8.98. The molecule has 2 N–H and O–H groups in total. The summed E-state index contributed by atoms with van der Waals surface area (Å²) >= 11 is 0. The fourth-order valence-electron chi connectivity index (χ4n) is 1.46. The number of nitriles is 1. The molecule has 3 heteroatoms. The number of hydrogen-bond donors (Lipinski definition) is 1. The van der Waals surface area contributed by atoms with Crippen molar-refractivity contribution < 1.29 is 4.74 Å². The maximum Gasteiger partial charge on any atom is 0.145 e. The SMILES string of the molecule is Cc1ccc(Oc2ccc(N)cc2C#N)cc1. The Morgan fingerprint density at radius 1 is 1.12 bits per heavy atom. The van der Waals surface area contributed by atoms with Gasteiger partial charge in [0.2, 0.25) is 0 Å². The Bertz CT molecular complexity index is 568. The summed E-state index contributed by atoms with van der Waals surface area (Å²) in [5, 5.41) is 8.98. The normalized spacial score (nSPS) is 9.65. The summed E-state index contributed by atoms with van der Waals surface area (Å²) in [6.45, 7) is 2.01. The van der Waals surface area contributed by atoms with Crippen molar-refractivity contribution in [1.29, 1.82) is 5.26 Å². The molecule has 0 atom stereocenters. The molecule has 0 saturated heterocycles. The molecule has 0 aliphatic carbocycles. The second-order valence-electron chi connectivity index (χ2n) is 3.78. The van der Waals surface area contributed by atoms with E-state index in [1.54, 1.807) is 18.2 Å². The molecule has 0 spiro atoms. The third kappa shape index (κ3) is 2.56. The number of benzene rings is 2. The van der Waals surface area contributed by atoms with Gasteiger partial charge in [-0.25, -0.2) is 0 Å².